The Labute approximate surface area is 287 Å². The van der Waals surface area contributed by atoms with Gasteiger partial charge in [0.1, 0.15) is 29.5 Å². The average molecular weight is 685 g/mol. The van der Waals surface area contributed by atoms with Crippen LogP contribution in [0.4, 0.5) is 23.4 Å². The van der Waals surface area contributed by atoms with Crippen molar-refractivity contribution >= 4 is 33.4 Å². The quantitative estimate of drug-likeness (QED) is 0.128. The second kappa shape index (κ2) is 11.4. The SMILES string of the molecule is C#Cc1c(F)ccc2cccc(-c3ncc4c(N(C)[C@@H]5CCN(C(=O)C=C)[C@@H]5C)nc(OCC56CCCN5CC5(C6)CC5(F)F)nc4c3F)c12. The molecule has 3 saturated heterocycles. The van der Waals surface area contributed by atoms with E-state index in [0.29, 0.717) is 66.4 Å². The van der Waals surface area contributed by atoms with Crippen molar-refractivity contribution in [2.75, 3.05) is 38.2 Å². The molecule has 4 aliphatic rings. The summed E-state index contributed by atoms with van der Waals surface area (Å²) < 4.78 is 67.1. The van der Waals surface area contributed by atoms with Gasteiger partial charge >= 0.3 is 6.01 Å². The number of pyridine rings is 1. The van der Waals surface area contributed by atoms with E-state index in [1.54, 1.807) is 29.2 Å². The normalized spacial score (nSPS) is 26.8. The fourth-order valence-electron chi connectivity index (χ4n) is 8.91. The van der Waals surface area contributed by atoms with Gasteiger partial charge in [-0.25, -0.2) is 17.6 Å². The van der Waals surface area contributed by atoms with Crippen molar-refractivity contribution in [2.45, 2.75) is 62.6 Å². The highest BCUT2D eigenvalue weighted by atomic mass is 19.3. The number of fused-ring (bicyclic) bond motifs is 3. The summed E-state index contributed by atoms with van der Waals surface area (Å²) in [5.74, 6) is -1.50. The van der Waals surface area contributed by atoms with Crippen molar-refractivity contribution in [3.05, 3.63) is 66.4 Å². The highest BCUT2D eigenvalue weighted by Gasteiger charge is 2.77. The summed E-state index contributed by atoms with van der Waals surface area (Å²) in [6, 6.07) is 7.46. The van der Waals surface area contributed by atoms with Gasteiger partial charge in [-0.05, 0) is 56.7 Å². The van der Waals surface area contributed by atoms with Gasteiger partial charge in [0.2, 0.25) is 5.91 Å². The summed E-state index contributed by atoms with van der Waals surface area (Å²) in [6.07, 6.45) is 10.9. The van der Waals surface area contributed by atoms with Crippen LogP contribution in [0.15, 0.2) is 49.2 Å². The first-order valence-corrected chi connectivity index (χ1v) is 16.9. The molecule has 1 aliphatic carbocycles. The third kappa shape index (κ3) is 4.77. The fraction of sp³-hybridized carbons (Fsp3) is 0.421. The summed E-state index contributed by atoms with van der Waals surface area (Å²) in [6.45, 7) is 7.18. The molecule has 12 heteroatoms. The zero-order chi connectivity index (χ0) is 35.2. The second-order valence-electron chi connectivity index (χ2n) is 14.3. The van der Waals surface area contributed by atoms with Crippen LogP contribution >= 0.6 is 0 Å². The van der Waals surface area contributed by atoms with Crippen LogP contribution in [0, 0.1) is 29.4 Å². The van der Waals surface area contributed by atoms with Crippen LogP contribution in [-0.4, -0.2) is 87.5 Å². The van der Waals surface area contributed by atoms with Gasteiger partial charge < -0.3 is 14.5 Å². The van der Waals surface area contributed by atoms with Gasteiger partial charge in [-0.2, -0.15) is 9.97 Å². The maximum atomic E-state index is 16.9. The first-order valence-electron chi connectivity index (χ1n) is 16.9. The van der Waals surface area contributed by atoms with Gasteiger partial charge in [0.25, 0.3) is 5.92 Å². The number of nitrogens with zero attached hydrogens (tertiary/aromatic N) is 6. The topological polar surface area (TPSA) is 74.7 Å². The Balaban J connectivity index is 1.23. The number of anilines is 1. The molecule has 3 aliphatic heterocycles. The summed E-state index contributed by atoms with van der Waals surface area (Å²) in [5, 5.41) is 1.28. The summed E-state index contributed by atoms with van der Waals surface area (Å²) in [7, 11) is 1.82. The number of carbonyl (C=O) groups is 1. The number of likely N-dealkylation sites (tertiary alicyclic amines) is 1. The van der Waals surface area contributed by atoms with Crippen molar-refractivity contribution < 1.29 is 27.1 Å². The van der Waals surface area contributed by atoms with Crippen molar-refractivity contribution in [1.82, 2.24) is 24.8 Å². The number of carbonyl (C=O) groups excluding carboxylic acids is 1. The molecular formula is C38H36F4N6O2. The van der Waals surface area contributed by atoms with Crippen LogP contribution in [0.2, 0.25) is 0 Å². The van der Waals surface area contributed by atoms with Gasteiger partial charge in [-0.15, -0.1) is 6.42 Å². The number of alkyl halides is 2. The summed E-state index contributed by atoms with van der Waals surface area (Å²) in [5.41, 5.74) is -1.46. The smallest absolute Gasteiger partial charge is 0.319 e. The number of ether oxygens (including phenoxy) is 1. The van der Waals surface area contributed by atoms with Gasteiger partial charge in [0.15, 0.2) is 5.82 Å². The van der Waals surface area contributed by atoms with E-state index in [1.165, 1.54) is 18.3 Å². The fourth-order valence-corrected chi connectivity index (χ4v) is 8.91. The highest BCUT2D eigenvalue weighted by Crippen LogP contribution is 2.69. The lowest BCUT2D eigenvalue weighted by atomic mass is 9.89. The lowest BCUT2D eigenvalue weighted by Crippen LogP contribution is -2.44. The van der Waals surface area contributed by atoms with E-state index in [2.05, 4.69) is 27.4 Å². The standard InChI is InChI=1S/C38H36F4N6O2/c1-5-24-27(39)12-11-23-9-7-10-25(30(23)24)32-31(40)33-26(17-43-32)34(46(4)28-13-16-48(22(28)3)29(49)6-2)45-35(44-33)50-21-37-14-8-15-47(37)20-36(18-37)19-38(36,41)42/h1,6-7,9-12,17,22,28H,2,8,13-16,18-21H2,3-4H3/t22-,28-,36?,37?/m1/s1. The number of benzene rings is 2. The molecule has 5 heterocycles. The summed E-state index contributed by atoms with van der Waals surface area (Å²) >= 11 is 0. The number of halogens is 4. The lowest BCUT2D eigenvalue weighted by molar-refractivity contribution is -0.126. The molecule has 0 radical (unpaired) electrons. The van der Waals surface area contributed by atoms with Crippen molar-refractivity contribution in [2.24, 2.45) is 5.41 Å². The van der Waals surface area contributed by atoms with E-state index >= 15 is 4.39 Å². The maximum Gasteiger partial charge on any atom is 0.319 e. The molecule has 8 nitrogen and oxygen atoms in total. The van der Waals surface area contributed by atoms with Gasteiger partial charge in [-0.1, -0.05) is 36.8 Å². The summed E-state index contributed by atoms with van der Waals surface area (Å²) in [4.78, 5) is 32.2. The predicted molar refractivity (Wildman–Crippen MR) is 182 cm³/mol. The molecule has 0 N–H and O–H groups in total. The Morgan fingerprint density at radius 3 is 2.74 bits per heavy atom. The molecule has 4 fully saturated rings. The van der Waals surface area contributed by atoms with Crippen molar-refractivity contribution in [1.29, 1.82) is 0 Å². The van der Waals surface area contributed by atoms with Crippen LogP contribution in [0.5, 0.6) is 6.01 Å². The minimum Gasteiger partial charge on any atom is -0.461 e. The maximum absolute atomic E-state index is 16.9. The molecule has 2 aromatic heterocycles. The van der Waals surface area contributed by atoms with Crippen molar-refractivity contribution in [3.8, 4) is 29.6 Å². The van der Waals surface area contributed by atoms with Crippen LogP contribution in [-0.2, 0) is 4.79 Å². The molecule has 2 unspecified atom stereocenters. The third-order valence-electron chi connectivity index (χ3n) is 11.6. The van der Waals surface area contributed by atoms with E-state index in [9.17, 15) is 18.0 Å². The van der Waals surface area contributed by atoms with E-state index in [-0.39, 0.29) is 53.8 Å². The van der Waals surface area contributed by atoms with Crippen LogP contribution < -0.4 is 9.64 Å². The van der Waals surface area contributed by atoms with Crippen LogP contribution in [0.3, 0.4) is 0 Å². The zero-order valence-electron chi connectivity index (χ0n) is 27.9. The molecular weight excluding hydrogens is 648 g/mol. The van der Waals surface area contributed by atoms with E-state index < -0.39 is 28.5 Å². The predicted octanol–water partition coefficient (Wildman–Crippen LogP) is 6.36. The molecule has 1 saturated carbocycles. The third-order valence-corrected chi connectivity index (χ3v) is 11.6. The molecule has 4 aromatic rings. The lowest BCUT2D eigenvalue weighted by Gasteiger charge is -2.33. The Hall–Kier alpha value is -4.76. The number of aromatic nitrogens is 3. The van der Waals surface area contributed by atoms with Crippen molar-refractivity contribution in [3.63, 3.8) is 0 Å². The Bertz CT molecular complexity index is 2140. The number of amides is 1. The Kier molecular flexibility index (Phi) is 7.39. The number of terminal acetylenes is 1. The molecule has 1 amide bonds. The van der Waals surface area contributed by atoms with Gasteiger partial charge in [-0.3, -0.25) is 14.7 Å². The number of likely N-dealkylation sites (N-methyl/N-ethyl adjacent to an activating group) is 1. The van der Waals surface area contributed by atoms with Gasteiger partial charge in [0.05, 0.1) is 27.9 Å². The Morgan fingerprint density at radius 1 is 1.20 bits per heavy atom. The minimum atomic E-state index is -2.69. The minimum absolute atomic E-state index is 0.00340. The number of rotatable bonds is 7. The zero-order valence-corrected chi connectivity index (χ0v) is 27.9. The molecule has 8 rings (SSSR count). The van der Waals surface area contributed by atoms with Crippen LogP contribution in [0.1, 0.15) is 44.6 Å². The average Bonchev–Trinajstić information content (AvgIpc) is 3.47. The molecule has 0 bridgehead atoms. The highest BCUT2D eigenvalue weighted by molar-refractivity contribution is 6.02. The first kappa shape index (κ1) is 32.4. The second-order valence-corrected chi connectivity index (χ2v) is 14.3. The van der Waals surface area contributed by atoms with Gasteiger partial charge in [0, 0.05) is 49.7 Å². The van der Waals surface area contributed by atoms with E-state index in [4.69, 9.17) is 16.1 Å². The molecule has 1 spiro atoms. The van der Waals surface area contributed by atoms with Crippen LogP contribution in [0.25, 0.3) is 32.9 Å². The molecule has 4 atom stereocenters. The molecule has 2 aromatic carbocycles. The largest absolute Gasteiger partial charge is 0.461 e. The van der Waals surface area contributed by atoms with E-state index in [1.807, 2.05) is 18.9 Å². The Morgan fingerprint density at radius 2 is 2.00 bits per heavy atom. The first-order chi connectivity index (χ1) is 23.9. The number of hydrogen-bond donors (Lipinski definition) is 0. The molecule has 258 valence electrons. The molecule has 50 heavy (non-hydrogen) atoms. The number of hydrogen-bond acceptors (Lipinski definition) is 7. The monoisotopic (exact) mass is 684 g/mol. The van der Waals surface area contributed by atoms with E-state index in [0.717, 1.165) is 6.42 Å².